The summed E-state index contributed by atoms with van der Waals surface area (Å²) in [6.45, 7) is 3.77. The molecule has 174 valence electrons. The lowest BCUT2D eigenvalue weighted by Gasteiger charge is -2.45. The summed E-state index contributed by atoms with van der Waals surface area (Å²) < 4.78 is 11.4. The van der Waals surface area contributed by atoms with E-state index < -0.39 is 11.8 Å². The molecule has 2 saturated heterocycles. The molecular weight excluding hydrogens is 410 g/mol. The second kappa shape index (κ2) is 9.48. The number of hydrogen-bond acceptors (Lipinski definition) is 5. The van der Waals surface area contributed by atoms with Gasteiger partial charge in [0.05, 0.1) is 13.7 Å². The summed E-state index contributed by atoms with van der Waals surface area (Å²) >= 11 is 0. The number of ether oxygens (including phenoxy) is 2. The van der Waals surface area contributed by atoms with E-state index in [4.69, 9.17) is 9.47 Å². The number of carbonyl (C=O) groups excluding carboxylic acids is 3. The first-order valence-electron chi connectivity index (χ1n) is 11.7. The highest BCUT2D eigenvalue weighted by Crippen LogP contribution is 2.39. The monoisotopic (exact) mass is 443 g/mol. The zero-order chi connectivity index (χ0) is 22.7. The zero-order valence-corrected chi connectivity index (χ0v) is 19.0. The number of carbonyl (C=O) groups is 3. The molecule has 1 aromatic carbocycles. The average molecular weight is 444 g/mol. The number of hydrogen-bond donors (Lipinski definition) is 1. The Morgan fingerprint density at radius 2 is 1.84 bits per heavy atom. The summed E-state index contributed by atoms with van der Waals surface area (Å²) in [7, 11) is 1.58. The van der Waals surface area contributed by atoms with Gasteiger partial charge in [-0.2, -0.15) is 0 Å². The summed E-state index contributed by atoms with van der Waals surface area (Å²) in [5, 5.41) is 2.91. The van der Waals surface area contributed by atoms with E-state index in [2.05, 4.69) is 5.32 Å². The van der Waals surface area contributed by atoms with Crippen LogP contribution in [0.1, 0.15) is 55.8 Å². The molecule has 1 aromatic rings. The van der Waals surface area contributed by atoms with Gasteiger partial charge in [-0.05, 0) is 43.5 Å². The Kier molecular flexibility index (Phi) is 6.69. The molecule has 0 bridgehead atoms. The number of methoxy groups -OCH3 is 1. The number of amides is 3. The first kappa shape index (κ1) is 22.6. The van der Waals surface area contributed by atoms with Crippen LogP contribution in [0.3, 0.4) is 0 Å². The smallest absolute Gasteiger partial charge is 0.256 e. The Hall–Kier alpha value is -2.61. The van der Waals surface area contributed by atoms with Crippen LogP contribution in [0.5, 0.6) is 5.75 Å². The maximum Gasteiger partial charge on any atom is 0.256 e. The number of benzene rings is 1. The summed E-state index contributed by atoms with van der Waals surface area (Å²) in [6, 6.07) is 6.21. The van der Waals surface area contributed by atoms with Crippen molar-refractivity contribution in [2.75, 3.05) is 33.4 Å². The molecule has 8 nitrogen and oxygen atoms in total. The highest BCUT2D eigenvalue weighted by atomic mass is 16.5. The number of piperidine rings is 1. The minimum atomic E-state index is -0.873. The molecule has 0 aromatic heterocycles. The number of nitrogens with zero attached hydrogens (tertiary/aromatic N) is 2. The first-order chi connectivity index (χ1) is 15.5. The van der Waals surface area contributed by atoms with Crippen molar-refractivity contribution in [3.63, 3.8) is 0 Å². The van der Waals surface area contributed by atoms with Crippen LogP contribution in [0.2, 0.25) is 0 Å². The second-order valence-electron chi connectivity index (χ2n) is 8.92. The van der Waals surface area contributed by atoms with Crippen LogP contribution in [-0.2, 0) is 14.3 Å². The first-order valence-corrected chi connectivity index (χ1v) is 11.7. The van der Waals surface area contributed by atoms with Gasteiger partial charge in [-0.15, -0.1) is 0 Å². The van der Waals surface area contributed by atoms with Gasteiger partial charge in [-0.1, -0.05) is 13.3 Å². The van der Waals surface area contributed by atoms with Crippen LogP contribution in [-0.4, -0.2) is 72.6 Å². The van der Waals surface area contributed by atoms with Gasteiger partial charge in [-0.3, -0.25) is 19.3 Å². The molecule has 4 rings (SSSR count). The Bertz CT molecular complexity index is 844. The SMILES string of the molecule is CCCNC(=O)[C@@H]1COC2(CCN(C(=O)C3CCC3)CC2)N1C(=O)c1ccc(OC)cc1. The fourth-order valence-electron chi connectivity index (χ4n) is 4.80. The molecule has 2 heterocycles. The molecule has 1 saturated carbocycles. The molecule has 2 aliphatic heterocycles. The van der Waals surface area contributed by atoms with Crippen molar-refractivity contribution in [2.45, 2.75) is 57.2 Å². The summed E-state index contributed by atoms with van der Waals surface area (Å²) in [5.74, 6) is 0.598. The topological polar surface area (TPSA) is 88.2 Å². The Morgan fingerprint density at radius 1 is 1.16 bits per heavy atom. The van der Waals surface area contributed by atoms with Crippen molar-refractivity contribution in [1.29, 1.82) is 0 Å². The average Bonchev–Trinajstić information content (AvgIpc) is 3.14. The summed E-state index contributed by atoms with van der Waals surface area (Å²) in [4.78, 5) is 42.8. The fraction of sp³-hybridized carbons (Fsp3) is 0.625. The van der Waals surface area contributed by atoms with Gasteiger partial charge in [0.15, 0.2) is 0 Å². The molecule has 3 fully saturated rings. The Morgan fingerprint density at radius 3 is 2.41 bits per heavy atom. The van der Waals surface area contributed by atoms with Crippen LogP contribution >= 0.6 is 0 Å². The quantitative estimate of drug-likeness (QED) is 0.728. The highest BCUT2D eigenvalue weighted by Gasteiger charge is 2.54. The number of rotatable bonds is 6. The zero-order valence-electron chi connectivity index (χ0n) is 19.0. The molecule has 0 radical (unpaired) electrons. The molecule has 1 N–H and O–H groups in total. The molecule has 0 unspecified atom stereocenters. The predicted molar refractivity (Wildman–Crippen MR) is 118 cm³/mol. The van der Waals surface area contributed by atoms with Crippen LogP contribution in [0.25, 0.3) is 0 Å². The Balaban J connectivity index is 1.55. The Labute approximate surface area is 189 Å². The van der Waals surface area contributed by atoms with Gasteiger partial charge in [0.1, 0.15) is 17.5 Å². The molecule has 3 amide bonds. The van der Waals surface area contributed by atoms with Gasteiger partial charge in [0.2, 0.25) is 11.8 Å². The van der Waals surface area contributed by atoms with Crippen molar-refractivity contribution in [1.82, 2.24) is 15.1 Å². The second-order valence-corrected chi connectivity index (χ2v) is 8.92. The maximum atomic E-state index is 13.6. The van der Waals surface area contributed by atoms with Crippen molar-refractivity contribution in [2.24, 2.45) is 5.92 Å². The van der Waals surface area contributed by atoms with Gasteiger partial charge in [0.25, 0.3) is 5.91 Å². The third kappa shape index (κ3) is 4.20. The van der Waals surface area contributed by atoms with E-state index in [1.54, 1.807) is 36.3 Å². The molecule has 1 atom stereocenters. The van der Waals surface area contributed by atoms with Crippen LogP contribution in [0.15, 0.2) is 24.3 Å². The summed E-state index contributed by atoms with van der Waals surface area (Å²) in [6.07, 6.45) is 4.89. The van der Waals surface area contributed by atoms with Crippen molar-refractivity contribution < 1.29 is 23.9 Å². The fourth-order valence-corrected chi connectivity index (χ4v) is 4.80. The summed E-state index contributed by atoms with van der Waals surface area (Å²) in [5.41, 5.74) is -0.390. The van der Waals surface area contributed by atoms with E-state index in [1.165, 1.54) is 0 Å². The van der Waals surface area contributed by atoms with Crippen LogP contribution in [0.4, 0.5) is 0 Å². The van der Waals surface area contributed by atoms with E-state index >= 15 is 0 Å². The van der Waals surface area contributed by atoms with E-state index in [1.807, 2.05) is 11.8 Å². The highest BCUT2D eigenvalue weighted by molar-refractivity contribution is 5.98. The molecule has 8 heteroatoms. The van der Waals surface area contributed by atoms with E-state index in [-0.39, 0.29) is 30.2 Å². The van der Waals surface area contributed by atoms with Gasteiger partial charge in [-0.25, -0.2) is 0 Å². The van der Waals surface area contributed by atoms with E-state index in [0.29, 0.717) is 43.8 Å². The van der Waals surface area contributed by atoms with Crippen molar-refractivity contribution >= 4 is 17.7 Å². The molecule has 1 spiro atoms. The van der Waals surface area contributed by atoms with Crippen LogP contribution < -0.4 is 10.1 Å². The molecule has 3 aliphatic rings. The lowest BCUT2D eigenvalue weighted by Crippen LogP contribution is -2.60. The minimum Gasteiger partial charge on any atom is -0.497 e. The lowest BCUT2D eigenvalue weighted by molar-refractivity contribution is -0.149. The lowest BCUT2D eigenvalue weighted by atomic mass is 9.83. The molecule has 32 heavy (non-hydrogen) atoms. The van der Waals surface area contributed by atoms with Crippen LogP contribution in [0, 0.1) is 5.92 Å². The van der Waals surface area contributed by atoms with Gasteiger partial charge in [0, 0.05) is 44.0 Å². The maximum absolute atomic E-state index is 13.6. The predicted octanol–water partition coefficient (Wildman–Crippen LogP) is 2.18. The third-order valence-corrected chi connectivity index (χ3v) is 6.98. The standard InChI is InChI=1S/C24H33N3O5/c1-3-13-25-21(28)20-16-32-24(11-14-26(15-12-24)22(29)17-5-4-6-17)27(20)23(30)18-7-9-19(31-2)10-8-18/h7-10,17,20H,3-6,11-16H2,1-2H3,(H,25,28)/t20-/m0/s1. The van der Waals surface area contributed by atoms with E-state index in [9.17, 15) is 14.4 Å². The van der Waals surface area contributed by atoms with Crippen molar-refractivity contribution in [3.05, 3.63) is 29.8 Å². The number of nitrogens with one attached hydrogen (secondary N) is 1. The van der Waals surface area contributed by atoms with Crippen molar-refractivity contribution in [3.8, 4) is 5.75 Å². The van der Waals surface area contributed by atoms with Gasteiger partial charge < -0.3 is 19.7 Å². The molecule has 1 aliphatic carbocycles. The molecular formula is C24H33N3O5. The van der Waals surface area contributed by atoms with Gasteiger partial charge >= 0.3 is 0 Å². The normalized spacial score (nSPS) is 22.5. The third-order valence-electron chi connectivity index (χ3n) is 6.98. The number of likely N-dealkylation sites (tertiary alicyclic amines) is 1. The van der Waals surface area contributed by atoms with E-state index in [0.717, 1.165) is 25.7 Å². The largest absolute Gasteiger partial charge is 0.497 e. The minimum absolute atomic E-state index is 0.151.